The standard InChI is InChI=1S/C24H29NO/c1-3-4-15-24(26)25(2)18-9-14-23-21-12-7-5-10-19(21)16-17-20-11-6-8-13-22(20)23/h5-8,10-14H,3-4,9,15-18H2,1-2H3. The van der Waals surface area contributed by atoms with Crippen LogP contribution in [0.1, 0.15) is 54.9 Å². The van der Waals surface area contributed by atoms with Crippen molar-refractivity contribution in [3.63, 3.8) is 0 Å². The summed E-state index contributed by atoms with van der Waals surface area (Å²) in [5, 5.41) is 0. The third-order valence-electron chi connectivity index (χ3n) is 5.26. The van der Waals surface area contributed by atoms with Gasteiger partial charge in [0.2, 0.25) is 5.91 Å². The Bertz CT molecular complexity index is 741. The minimum absolute atomic E-state index is 0.256. The van der Waals surface area contributed by atoms with Gasteiger partial charge in [0, 0.05) is 20.0 Å². The molecule has 2 nitrogen and oxygen atoms in total. The number of nitrogens with zero attached hydrogens (tertiary/aromatic N) is 1. The van der Waals surface area contributed by atoms with Crippen molar-refractivity contribution in [2.24, 2.45) is 0 Å². The van der Waals surface area contributed by atoms with E-state index in [4.69, 9.17) is 0 Å². The molecule has 0 radical (unpaired) electrons. The second kappa shape index (κ2) is 8.84. The Morgan fingerprint density at radius 3 is 2.15 bits per heavy atom. The van der Waals surface area contributed by atoms with Gasteiger partial charge in [-0.3, -0.25) is 4.79 Å². The minimum atomic E-state index is 0.256. The highest BCUT2D eigenvalue weighted by molar-refractivity contribution is 5.84. The van der Waals surface area contributed by atoms with Crippen LogP contribution in [0.15, 0.2) is 54.6 Å². The van der Waals surface area contributed by atoms with Gasteiger partial charge in [-0.2, -0.15) is 0 Å². The van der Waals surface area contributed by atoms with Gasteiger partial charge in [0.25, 0.3) is 0 Å². The molecule has 2 aromatic rings. The lowest BCUT2D eigenvalue weighted by molar-refractivity contribution is -0.129. The Labute approximate surface area is 157 Å². The Kier molecular flexibility index (Phi) is 6.27. The number of amides is 1. The highest BCUT2D eigenvalue weighted by Crippen LogP contribution is 2.33. The van der Waals surface area contributed by atoms with Crippen molar-refractivity contribution in [3.05, 3.63) is 76.9 Å². The van der Waals surface area contributed by atoms with E-state index < -0.39 is 0 Å². The van der Waals surface area contributed by atoms with E-state index in [0.717, 1.165) is 38.6 Å². The maximum absolute atomic E-state index is 12.1. The molecule has 1 aliphatic carbocycles. The SMILES string of the molecule is CCCCC(=O)N(C)CCC=C1c2ccccc2CCc2ccccc21. The molecule has 2 heteroatoms. The quantitative estimate of drug-likeness (QED) is 0.698. The predicted molar refractivity (Wildman–Crippen MR) is 109 cm³/mol. The molecule has 26 heavy (non-hydrogen) atoms. The van der Waals surface area contributed by atoms with Crippen molar-refractivity contribution in [2.75, 3.05) is 13.6 Å². The summed E-state index contributed by atoms with van der Waals surface area (Å²) >= 11 is 0. The van der Waals surface area contributed by atoms with Gasteiger partial charge in [0.15, 0.2) is 0 Å². The molecule has 0 bridgehead atoms. The van der Waals surface area contributed by atoms with Gasteiger partial charge in [-0.25, -0.2) is 0 Å². The maximum atomic E-state index is 12.1. The third kappa shape index (κ3) is 4.24. The van der Waals surface area contributed by atoms with E-state index >= 15 is 0 Å². The molecule has 0 saturated carbocycles. The molecule has 0 unspecified atom stereocenters. The van der Waals surface area contributed by atoms with E-state index in [2.05, 4.69) is 61.5 Å². The Morgan fingerprint density at radius 1 is 1.00 bits per heavy atom. The Hall–Kier alpha value is -2.35. The molecule has 2 aromatic carbocycles. The van der Waals surface area contributed by atoms with Crippen molar-refractivity contribution >= 4 is 11.5 Å². The largest absolute Gasteiger partial charge is 0.345 e. The molecular weight excluding hydrogens is 318 g/mol. The molecule has 0 fully saturated rings. The molecule has 0 saturated heterocycles. The van der Waals surface area contributed by atoms with Gasteiger partial charge >= 0.3 is 0 Å². The first-order valence-electron chi connectivity index (χ1n) is 9.81. The fraction of sp³-hybridized carbons (Fsp3) is 0.375. The number of carbonyl (C=O) groups is 1. The van der Waals surface area contributed by atoms with Crippen LogP contribution in [0.4, 0.5) is 0 Å². The molecule has 1 aliphatic rings. The number of aryl methyl sites for hydroxylation is 2. The molecule has 0 spiro atoms. The Balaban J connectivity index is 1.82. The second-order valence-corrected chi connectivity index (χ2v) is 7.14. The minimum Gasteiger partial charge on any atom is -0.345 e. The normalized spacial score (nSPS) is 12.8. The number of rotatable bonds is 6. The van der Waals surface area contributed by atoms with E-state index in [1.54, 1.807) is 0 Å². The van der Waals surface area contributed by atoms with Gasteiger partial charge in [-0.1, -0.05) is 68.0 Å². The lowest BCUT2D eigenvalue weighted by Gasteiger charge is -2.17. The number of hydrogen-bond donors (Lipinski definition) is 0. The van der Waals surface area contributed by atoms with Gasteiger partial charge in [-0.05, 0) is 53.5 Å². The van der Waals surface area contributed by atoms with E-state index in [1.165, 1.54) is 27.8 Å². The van der Waals surface area contributed by atoms with Crippen LogP contribution < -0.4 is 0 Å². The van der Waals surface area contributed by atoms with Crippen molar-refractivity contribution in [1.82, 2.24) is 4.90 Å². The van der Waals surface area contributed by atoms with Crippen LogP contribution in [-0.2, 0) is 17.6 Å². The molecule has 0 atom stereocenters. The molecule has 0 N–H and O–H groups in total. The molecule has 136 valence electrons. The summed E-state index contributed by atoms with van der Waals surface area (Å²) in [7, 11) is 1.92. The van der Waals surface area contributed by atoms with Crippen LogP contribution in [-0.4, -0.2) is 24.4 Å². The number of unbranched alkanes of at least 4 members (excludes halogenated alkanes) is 1. The maximum Gasteiger partial charge on any atom is 0.222 e. The van der Waals surface area contributed by atoms with Crippen molar-refractivity contribution in [3.8, 4) is 0 Å². The number of hydrogen-bond acceptors (Lipinski definition) is 1. The molecular formula is C24H29NO. The topological polar surface area (TPSA) is 20.3 Å². The van der Waals surface area contributed by atoms with Crippen LogP contribution >= 0.6 is 0 Å². The van der Waals surface area contributed by atoms with E-state index in [-0.39, 0.29) is 5.91 Å². The van der Waals surface area contributed by atoms with Gasteiger partial charge < -0.3 is 4.90 Å². The Morgan fingerprint density at radius 2 is 1.58 bits per heavy atom. The van der Waals surface area contributed by atoms with Gasteiger partial charge in [0.1, 0.15) is 0 Å². The van der Waals surface area contributed by atoms with E-state index in [9.17, 15) is 4.79 Å². The van der Waals surface area contributed by atoms with Crippen LogP contribution in [0.3, 0.4) is 0 Å². The fourth-order valence-electron chi connectivity index (χ4n) is 3.68. The average Bonchev–Trinajstić information content (AvgIpc) is 2.83. The number of benzene rings is 2. The zero-order valence-electron chi connectivity index (χ0n) is 16.0. The summed E-state index contributed by atoms with van der Waals surface area (Å²) in [6, 6.07) is 17.5. The van der Waals surface area contributed by atoms with Gasteiger partial charge in [0.05, 0.1) is 0 Å². The molecule has 0 aliphatic heterocycles. The van der Waals surface area contributed by atoms with Crippen molar-refractivity contribution in [2.45, 2.75) is 45.4 Å². The molecule has 0 aromatic heterocycles. The highest BCUT2D eigenvalue weighted by atomic mass is 16.2. The number of fused-ring (bicyclic) bond motifs is 2. The smallest absolute Gasteiger partial charge is 0.222 e. The van der Waals surface area contributed by atoms with Crippen LogP contribution in [0.5, 0.6) is 0 Å². The first-order valence-corrected chi connectivity index (χ1v) is 9.81. The van der Waals surface area contributed by atoms with Crippen molar-refractivity contribution in [1.29, 1.82) is 0 Å². The summed E-state index contributed by atoms with van der Waals surface area (Å²) < 4.78 is 0. The van der Waals surface area contributed by atoms with Crippen molar-refractivity contribution < 1.29 is 4.79 Å². The average molecular weight is 348 g/mol. The van der Waals surface area contributed by atoms with Crippen LogP contribution in [0, 0.1) is 0 Å². The lowest BCUT2D eigenvalue weighted by Crippen LogP contribution is -2.27. The summed E-state index contributed by atoms with van der Waals surface area (Å²) in [4.78, 5) is 14.0. The van der Waals surface area contributed by atoms with Crippen LogP contribution in [0.25, 0.3) is 5.57 Å². The zero-order chi connectivity index (χ0) is 18.4. The van der Waals surface area contributed by atoms with Gasteiger partial charge in [-0.15, -0.1) is 0 Å². The highest BCUT2D eigenvalue weighted by Gasteiger charge is 2.17. The molecule has 1 amide bonds. The summed E-state index contributed by atoms with van der Waals surface area (Å²) in [6.45, 7) is 2.90. The lowest BCUT2D eigenvalue weighted by atomic mass is 9.93. The zero-order valence-corrected chi connectivity index (χ0v) is 16.0. The summed E-state index contributed by atoms with van der Waals surface area (Å²) in [6.07, 6.45) is 8.08. The third-order valence-corrected chi connectivity index (χ3v) is 5.26. The predicted octanol–water partition coefficient (Wildman–Crippen LogP) is 5.26. The first-order chi connectivity index (χ1) is 12.7. The monoisotopic (exact) mass is 347 g/mol. The molecule has 0 heterocycles. The first kappa shape index (κ1) is 18.4. The fourth-order valence-corrected chi connectivity index (χ4v) is 3.68. The van der Waals surface area contributed by atoms with Crippen LogP contribution in [0.2, 0.25) is 0 Å². The summed E-state index contributed by atoms with van der Waals surface area (Å²) in [5.74, 6) is 0.256. The van der Waals surface area contributed by atoms with E-state index in [0.29, 0.717) is 6.42 Å². The second-order valence-electron chi connectivity index (χ2n) is 7.14. The number of carbonyl (C=O) groups excluding carboxylic acids is 1. The molecule has 3 rings (SSSR count). The van der Waals surface area contributed by atoms with E-state index in [1.807, 2.05) is 11.9 Å². The summed E-state index contributed by atoms with van der Waals surface area (Å²) in [5.41, 5.74) is 6.85.